The van der Waals surface area contributed by atoms with Gasteiger partial charge in [-0.1, -0.05) is 31.9 Å². The normalized spacial score (nSPS) is 22.2. The number of benzene rings is 1. The number of hydrogen-bond acceptors (Lipinski definition) is 2. The summed E-state index contributed by atoms with van der Waals surface area (Å²) in [6.45, 7) is 5.00. The van der Waals surface area contributed by atoms with Crippen LogP contribution < -0.4 is 9.64 Å². The number of methoxy groups -OCH3 is 1. The Balaban J connectivity index is 2.07. The highest BCUT2D eigenvalue weighted by atomic mass is 16.5. The Labute approximate surface area is 127 Å². The lowest BCUT2D eigenvalue weighted by molar-refractivity contribution is -0.122. The molecule has 1 aromatic rings. The topological polar surface area (TPSA) is 29.5 Å². The highest BCUT2D eigenvalue weighted by molar-refractivity contribution is 6.00. The summed E-state index contributed by atoms with van der Waals surface area (Å²) in [5.74, 6) is 1.01. The quantitative estimate of drug-likeness (QED) is 0.580. The average molecular weight is 287 g/mol. The number of anilines is 1. The largest absolute Gasteiger partial charge is 0.497 e. The van der Waals surface area contributed by atoms with Gasteiger partial charge in [0.1, 0.15) is 5.75 Å². The first-order valence-corrected chi connectivity index (χ1v) is 7.74. The second-order valence-corrected chi connectivity index (χ2v) is 5.87. The smallest absolute Gasteiger partial charge is 0.236 e. The van der Waals surface area contributed by atoms with Crippen LogP contribution in [0, 0.1) is 5.41 Å². The maximum absolute atomic E-state index is 12.7. The molecule has 1 atom stereocenters. The SMILES string of the molecule is CCCC/C=C/[C@]1(C)CCN(c2ccc(OC)cc2)C1=O. The second-order valence-electron chi connectivity index (χ2n) is 5.87. The molecule has 21 heavy (non-hydrogen) atoms. The molecule has 1 saturated heterocycles. The molecule has 114 valence electrons. The summed E-state index contributed by atoms with van der Waals surface area (Å²) >= 11 is 0. The summed E-state index contributed by atoms with van der Waals surface area (Å²) in [4.78, 5) is 14.6. The molecular formula is C18H25NO2. The first-order chi connectivity index (χ1) is 10.1. The Morgan fingerprint density at radius 3 is 2.67 bits per heavy atom. The molecule has 0 aromatic heterocycles. The van der Waals surface area contributed by atoms with Gasteiger partial charge in [-0.05, 0) is 44.0 Å². The fourth-order valence-corrected chi connectivity index (χ4v) is 2.69. The molecule has 0 radical (unpaired) electrons. The van der Waals surface area contributed by atoms with Crippen molar-refractivity contribution in [3.8, 4) is 5.75 Å². The van der Waals surface area contributed by atoms with Crippen LogP contribution in [0.1, 0.15) is 39.5 Å². The maximum atomic E-state index is 12.7. The third-order valence-electron chi connectivity index (χ3n) is 4.18. The Kier molecular flexibility index (Phi) is 5.05. The number of amides is 1. The summed E-state index contributed by atoms with van der Waals surface area (Å²) in [7, 11) is 1.65. The summed E-state index contributed by atoms with van der Waals surface area (Å²) in [5.41, 5.74) is 0.597. The Morgan fingerprint density at radius 1 is 1.33 bits per heavy atom. The molecule has 1 aliphatic rings. The standard InChI is InChI=1S/C18H25NO2/c1-4-5-6-7-12-18(2)13-14-19(17(18)20)15-8-10-16(21-3)11-9-15/h7-12H,4-6,13-14H2,1-3H3/b12-7+/t18-/m1/s1. The molecule has 0 bridgehead atoms. The fraction of sp³-hybridized carbons (Fsp3) is 0.500. The summed E-state index contributed by atoms with van der Waals surface area (Å²) < 4.78 is 5.16. The van der Waals surface area contributed by atoms with Gasteiger partial charge in [0.2, 0.25) is 5.91 Å². The third kappa shape index (κ3) is 3.46. The minimum Gasteiger partial charge on any atom is -0.497 e. The highest BCUT2D eigenvalue weighted by Gasteiger charge is 2.41. The van der Waals surface area contributed by atoms with Gasteiger partial charge in [0.25, 0.3) is 0 Å². The number of carbonyl (C=O) groups excluding carboxylic acids is 1. The van der Waals surface area contributed by atoms with E-state index in [2.05, 4.69) is 19.1 Å². The zero-order chi connectivity index (χ0) is 15.3. The second kappa shape index (κ2) is 6.79. The van der Waals surface area contributed by atoms with Crippen molar-refractivity contribution in [1.82, 2.24) is 0 Å². The molecular weight excluding hydrogens is 262 g/mol. The number of rotatable bonds is 6. The summed E-state index contributed by atoms with van der Waals surface area (Å²) in [6.07, 6.45) is 8.58. The van der Waals surface area contributed by atoms with Gasteiger partial charge in [-0.25, -0.2) is 0 Å². The van der Waals surface area contributed by atoms with Gasteiger partial charge in [0.05, 0.1) is 12.5 Å². The van der Waals surface area contributed by atoms with Crippen LogP contribution >= 0.6 is 0 Å². The van der Waals surface area contributed by atoms with Crippen molar-refractivity contribution in [3.05, 3.63) is 36.4 Å². The van der Waals surface area contributed by atoms with E-state index in [-0.39, 0.29) is 11.3 Å². The Hall–Kier alpha value is -1.77. The van der Waals surface area contributed by atoms with E-state index >= 15 is 0 Å². The van der Waals surface area contributed by atoms with Crippen molar-refractivity contribution >= 4 is 11.6 Å². The predicted molar refractivity (Wildman–Crippen MR) is 86.7 cm³/mol. The van der Waals surface area contributed by atoms with Gasteiger partial charge >= 0.3 is 0 Å². The van der Waals surface area contributed by atoms with E-state index in [0.717, 1.165) is 30.8 Å². The van der Waals surface area contributed by atoms with E-state index < -0.39 is 0 Å². The van der Waals surface area contributed by atoms with Crippen LogP contribution in [0.4, 0.5) is 5.69 Å². The molecule has 0 unspecified atom stereocenters. The molecule has 1 aromatic carbocycles. The first kappa shape index (κ1) is 15.6. The fourth-order valence-electron chi connectivity index (χ4n) is 2.69. The highest BCUT2D eigenvalue weighted by Crippen LogP contribution is 2.36. The lowest BCUT2D eigenvalue weighted by atomic mass is 9.88. The average Bonchev–Trinajstić information content (AvgIpc) is 2.80. The molecule has 1 aliphatic heterocycles. The van der Waals surface area contributed by atoms with Crippen molar-refractivity contribution < 1.29 is 9.53 Å². The predicted octanol–water partition coefficient (Wildman–Crippen LogP) is 4.18. The van der Waals surface area contributed by atoms with Crippen LogP contribution in [0.25, 0.3) is 0 Å². The lowest BCUT2D eigenvalue weighted by Crippen LogP contribution is -2.31. The van der Waals surface area contributed by atoms with Crippen molar-refractivity contribution in [3.63, 3.8) is 0 Å². The van der Waals surface area contributed by atoms with E-state index in [1.165, 1.54) is 12.8 Å². The monoisotopic (exact) mass is 287 g/mol. The molecule has 0 N–H and O–H groups in total. The summed E-state index contributed by atoms with van der Waals surface area (Å²) in [5, 5.41) is 0. The zero-order valence-corrected chi connectivity index (χ0v) is 13.3. The molecule has 2 rings (SSSR count). The van der Waals surface area contributed by atoms with Crippen LogP contribution in [0.5, 0.6) is 5.75 Å². The molecule has 0 saturated carbocycles. The van der Waals surface area contributed by atoms with E-state index in [1.54, 1.807) is 7.11 Å². The van der Waals surface area contributed by atoms with E-state index in [4.69, 9.17) is 4.74 Å². The molecule has 0 spiro atoms. The van der Waals surface area contributed by atoms with Gasteiger partial charge in [0, 0.05) is 12.2 Å². The van der Waals surface area contributed by atoms with Crippen molar-refractivity contribution in [2.24, 2.45) is 5.41 Å². The van der Waals surface area contributed by atoms with Crippen molar-refractivity contribution in [2.75, 3.05) is 18.6 Å². The number of carbonyl (C=O) groups is 1. The number of nitrogens with zero attached hydrogens (tertiary/aromatic N) is 1. The van der Waals surface area contributed by atoms with E-state index in [9.17, 15) is 4.79 Å². The lowest BCUT2D eigenvalue weighted by Gasteiger charge is -2.20. The Bertz CT molecular complexity index is 506. The number of hydrogen-bond donors (Lipinski definition) is 0. The maximum Gasteiger partial charge on any atom is 0.236 e. The third-order valence-corrected chi connectivity index (χ3v) is 4.18. The van der Waals surface area contributed by atoms with Crippen LogP contribution in [-0.2, 0) is 4.79 Å². The van der Waals surface area contributed by atoms with Gasteiger partial charge in [-0.15, -0.1) is 0 Å². The molecule has 1 amide bonds. The van der Waals surface area contributed by atoms with Gasteiger partial charge in [-0.3, -0.25) is 4.79 Å². The molecule has 1 fully saturated rings. The first-order valence-electron chi connectivity index (χ1n) is 7.74. The molecule has 3 heteroatoms. The van der Waals surface area contributed by atoms with Crippen LogP contribution in [-0.4, -0.2) is 19.6 Å². The van der Waals surface area contributed by atoms with E-state index in [0.29, 0.717) is 0 Å². The molecule has 1 heterocycles. The number of ether oxygens (including phenoxy) is 1. The van der Waals surface area contributed by atoms with E-state index in [1.807, 2.05) is 36.1 Å². The number of allylic oxidation sites excluding steroid dienone is 1. The van der Waals surface area contributed by atoms with Crippen LogP contribution in [0.15, 0.2) is 36.4 Å². The minimum absolute atomic E-state index is 0.195. The minimum atomic E-state index is -0.354. The van der Waals surface area contributed by atoms with Gasteiger partial charge in [0.15, 0.2) is 0 Å². The van der Waals surface area contributed by atoms with Gasteiger partial charge in [-0.2, -0.15) is 0 Å². The van der Waals surface area contributed by atoms with Crippen molar-refractivity contribution in [2.45, 2.75) is 39.5 Å². The zero-order valence-electron chi connectivity index (χ0n) is 13.3. The number of unbranched alkanes of at least 4 members (excludes halogenated alkanes) is 2. The molecule has 3 nitrogen and oxygen atoms in total. The van der Waals surface area contributed by atoms with Crippen molar-refractivity contribution in [1.29, 1.82) is 0 Å². The molecule has 0 aliphatic carbocycles. The van der Waals surface area contributed by atoms with Crippen LogP contribution in [0.3, 0.4) is 0 Å². The summed E-state index contributed by atoms with van der Waals surface area (Å²) in [6, 6.07) is 7.69. The van der Waals surface area contributed by atoms with Crippen LogP contribution in [0.2, 0.25) is 0 Å². The van der Waals surface area contributed by atoms with Gasteiger partial charge < -0.3 is 9.64 Å². The Morgan fingerprint density at radius 2 is 2.05 bits per heavy atom.